The second-order valence-electron chi connectivity index (χ2n) is 6.24. The Morgan fingerprint density at radius 1 is 0.846 bits per heavy atom. The van der Waals surface area contributed by atoms with Crippen molar-refractivity contribution in [1.82, 2.24) is 0 Å². The third kappa shape index (κ3) is 7.18. The van der Waals surface area contributed by atoms with Crippen LogP contribution in [0.3, 0.4) is 0 Å². The molecule has 1 N–H and O–H groups in total. The van der Waals surface area contributed by atoms with Crippen molar-refractivity contribution in [3.63, 3.8) is 0 Å². The van der Waals surface area contributed by atoms with Crippen LogP contribution in [0.5, 0.6) is 11.5 Å². The van der Waals surface area contributed by atoms with E-state index in [1.54, 1.807) is 0 Å². The van der Waals surface area contributed by atoms with E-state index in [2.05, 4.69) is 12.2 Å². The third-order valence-corrected chi connectivity index (χ3v) is 4.00. The van der Waals surface area contributed by atoms with Crippen LogP contribution in [0, 0.1) is 0 Å². The van der Waals surface area contributed by atoms with Crippen molar-refractivity contribution < 1.29 is 14.3 Å². The molecule has 140 valence electrons. The van der Waals surface area contributed by atoms with Crippen molar-refractivity contribution in [1.29, 1.82) is 0 Å². The zero-order chi connectivity index (χ0) is 18.6. The smallest absolute Gasteiger partial charge is 0.228 e. The average molecular weight is 355 g/mol. The van der Waals surface area contributed by atoms with E-state index in [1.165, 1.54) is 19.3 Å². The van der Waals surface area contributed by atoms with Gasteiger partial charge in [-0.3, -0.25) is 4.79 Å². The predicted octanol–water partition coefficient (Wildman–Crippen LogP) is 5.23. The number of hydrogen-bond donors (Lipinski definition) is 1. The van der Waals surface area contributed by atoms with Crippen LogP contribution >= 0.6 is 0 Å². The highest BCUT2D eigenvalue weighted by atomic mass is 16.5. The Morgan fingerprint density at radius 2 is 1.50 bits per heavy atom. The molecule has 2 aromatic carbocycles. The number of carbonyl (C=O) groups is 1. The Bertz CT molecular complexity index is 650. The molecular formula is C22H29NO3. The predicted molar refractivity (Wildman–Crippen MR) is 106 cm³/mol. The first-order chi connectivity index (χ1) is 12.7. The molecule has 26 heavy (non-hydrogen) atoms. The fraction of sp³-hybridized carbons (Fsp3) is 0.409. The van der Waals surface area contributed by atoms with Crippen LogP contribution in [0.4, 0.5) is 5.69 Å². The number of ether oxygens (including phenoxy) is 2. The van der Waals surface area contributed by atoms with Gasteiger partial charge in [0.25, 0.3) is 0 Å². The lowest BCUT2D eigenvalue weighted by Gasteiger charge is -2.09. The molecule has 0 bridgehead atoms. The van der Waals surface area contributed by atoms with Gasteiger partial charge < -0.3 is 14.8 Å². The number of amides is 1. The number of rotatable bonds is 11. The first-order valence-electron chi connectivity index (χ1n) is 9.45. The van der Waals surface area contributed by atoms with Gasteiger partial charge >= 0.3 is 0 Å². The lowest BCUT2D eigenvalue weighted by atomic mass is 10.1. The van der Waals surface area contributed by atoms with Crippen LogP contribution in [-0.4, -0.2) is 19.1 Å². The van der Waals surface area contributed by atoms with Crippen LogP contribution in [-0.2, 0) is 11.2 Å². The van der Waals surface area contributed by atoms with Gasteiger partial charge in [0.2, 0.25) is 5.91 Å². The van der Waals surface area contributed by atoms with Gasteiger partial charge in [0, 0.05) is 5.69 Å². The summed E-state index contributed by atoms with van der Waals surface area (Å²) in [6.45, 7) is 5.52. The molecule has 0 saturated heterocycles. The fourth-order valence-electron chi connectivity index (χ4n) is 2.61. The van der Waals surface area contributed by atoms with E-state index in [0.717, 1.165) is 35.8 Å². The zero-order valence-electron chi connectivity index (χ0n) is 15.8. The van der Waals surface area contributed by atoms with Crippen LogP contribution in [0.15, 0.2) is 48.5 Å². The number of carbonyl (C=O) groups excluding carboxylic acids is 1. The van der Waals surface area contributed by atoms with Gasteiger partial charge in [-0.2, -0.15) is 0 Å². The molecule has 0 spiro atoms. The number of anilines is 1. The molecule has 4 nitrogen and oxygen atoms in total. The number of nitrogens with one attached hydrogen (secondary N) is 1. The molecule has 0 unspecified atom stereocenters. The van der Waals surface area contributed by atoms with E-state index >= 15 is 0 Å². The summed E-state index contributed by atoms with van der Waals surface area (Å²) in [7, 11) is 0. The van der Waals surface area contributed by atoms with E-state index in [0.29, 0.717) is 13.0 Å². The molecule has 2 aromatic rings. The van der Waals surface area contributed by atoms with Crippen LogP contribution in [0.25, 0.3) is 0 Å². The minimum Gasteiger partial charge on any atom is -0.494 e. The Labute approximate surface area is 156 Å². The normalized spacial score (nSPS) is 10.4. The lowest BCUT2D eigenvalue weighted by molar-refractivity contribution is -0.115. The van der Waals surface area contributed by atoms with Crippen molar-refractivity contribution >= 4 is 11.6 Å². The largest absolute Gasteiger partial charge is 0.494 e. The Hall–Kier alpha value is -2.49. The molecule has 4 heteroatoms. The van der Waals surface area contributed by atoms with Crippen molar-refractivity contribution in [2.24, 2.45) is 0 Å². The van der Waals surface area contributed by atoms with Crippen molar-refractivity contribution in [3.05, 3.63) is 54.1 Å². The quantitative estimate of drug-likeness (QED) is 0.562. The fourth-order valence-corrected chi connectivity index (χ4v) is 2.61. The SMILES string of the molecule is CCCCCCOc1ccc(NC(=O)Cc2ccc(OCC)cc2)cc1. The van der Waals surface area contributed by atoms with E-state index in [1.807, 2.05) is 55.5 Å². The minimum atomic E-state index is -0.0395. The van der Waals surface area contributed by atoms with Gasteiger partial charge in [0.05, 0.1) is 19.6 Å². The maximum atomic E-state index is 12.2. The molecule has 0 saturated carbocycles. The van der Waals surface area contributed by atoms with Crippen molar-refractivity contribution in [2.45, 2.75) is 46.0 Å². The number of hydrogen-bond acceptors (Lipinski definition) is 3. The molecule has 2 rings (SSSR count). The number of unbranched alkanes of at least 4 members (excludes halogenated alkanes) is 3. The maximum absolute atomic E-state index is 12.2. The number of benzene rings is 2. The second-order valence-corrected chi connectivity index (χ2v) is 6.24. The van der Waals surface area contributed by atoms with Crippen molar-refractivity contribution in [3.8, 4) is 11.5 Å². The molecule has 0 radical (unpaired) electrons. The highest BCUT2D eigenvalue weighted by Gasteiger charge is 2.05. The van der Waals surface area contributed by atoms with Gasteiger partial charge in [-0.25, -0.2) is 0 Å². The van der Waals surface area contributed by atoms with Gasteiger partial charge in [0.15, 0.2) is 0 Å². The van der Waals surface area contributed by atoms with Crippen LogP contribution < -0.4 is 14.8 Å². The maximum Gasteiger partial charge on any atom is 0.228 e. The summed E-state index contributed by atoms with van der Waals surface area (Å²) in [5.74, 6) is 1.62. The van der Waals surface area contributed by atoms with Gasteiger partial charge in [0.1, 0.15) is 11.5 Å². The van der Waals surface area contributed by atoms with E-state index in [4.69, 9.17) is 9.47 Å². The topological polar surface area (TPSA) is 47.6 Å². The first-order valence-corrected chi connectivity index (χ1v) is 9.45. The zero-order valence-corrected chi connectivity index (χ0v) is 15.8. The minimum absolute atomic E-state index is 0.0395. The van der Waals surface area contributed by atoms with Crippen molar-refractivity contribution in [2.75, 3.05) is 18.5 Å². The average Bonchev–Trinajstić information content (AvgIpc) is 2.65. The standard InChI is InChI=1S/C22H29NO3/c1-3-5-6-7-16-26-21-14-10-19(11-15-21)23-22(24)17-18-8-12-20(13-9-18)25-4-2/h8-15H,3-7,16-17H2,1-2H3,(H,23,24). The molecule has 0 aliphatic carbocycles. The summed E-state index contributed by atoms with van der Waals surface area (Å²) in [6, 6.07) is 15.1. The molecule has 0 aliphatic heterocycles. The summed E-state index contributed by atoms with van der Waals surface area (Å²) in [4.78, 5) is 12.2. The monoisotopic (exact) mass is 355 g/mol. The third-order valence-electron chi connectivity index (χ3n) is 4.00. The summed E-state index contributed by atoms with van der Waals surface area (Å²) >= 11 is 0. The summed E-state index contributed by atoms with van der Waals surface area (Å²) in [5.41, 5.74) is 1.73. The summed E-state index contributed by atoms with van der Waals surface area (Å²) in [6.07, 6.45) is 5.10. The van der Waals surface area contributed by atoms with E-state index in [-0.39, 0.29) is 5.91 Å². The second kappa shape index (κ2) is 11.2. The Kier molecular flexibility index (Phi) is 8.53. The van der Waals surface area contributed by atoms with Gasteiger partial charge in [-0.1, -0.05) is 38.3 Å². The van der Waals surface area contributed by atoms with Crippen LogP contribution in [0.2, 0.25) is 0 Å². The molecule has 0 atom stereocenters. The molecule has 1 amide bonds. The van der Waals surface area contributed by atoms with E-state index in [9.17, 15) is 4.79 Å². The molecule has 0 fully saturated rings. The van der Waals surface area contributed by atoms with Gasteiger partial charge in [-0.15, -0.1) is 0 Å². The highest BCUT2D eigenvalue weighted by Crippen LogP contribution is 2.17. The van der Waals surface area contributed by atoms with Gasteiger partial charge in [-0.05, 0) is 55.3 Å². The Balaban J connectivity index is 1.76. The molecule has 0 heterocycles. The summed E-state index contributed by atoms with van der Waals surface area (Å²) < 4.78 is 11.1. The molecule has 0 aliphatic rings. The highest BCUT2D eigenvalue weighted by molar-refractivity contribution is 5.92. The molecule has 0 aromatic heterocycles. The van der Waals surface area contributed by atoms with Crippen LogP contribution in [0.1, 0.15) is 45.1 Å². The molecular weight excluding hydrogens is 326 g/mol. The Morgan fingerprint density at radius 3 is 2.15 bits per heavy atom. The lowest BCUT2D eigenvalue weighted by Crippen LogP contribution is -2.14. The first kappa shape index (κ1) is 19.8. The van der Waals surface area contributed by atoms with E-state index < -0.39 is 0 Å². The summed E-state index contributed by atoms with van der Waals surface area (Å²) in [5, 5.41) is 2.92.